The maximum atomic E-state index is 5.42. The van der Waals surface area contributed by atoms with E-state index in [1.165, 1.54) is 42.1 Å². The first kappa shape index (κ1) is 36.8. The molecule has 0 amide bonds. The number of para-hydroxylation sites is 1. The first-order chi connectivity index (χ1) is 31.2. The van der Waals surface area contributed by atoms with Crippen LogP contribution in [0.1, 0.15) is 0 Å². The molecule has 0 N–H and O–H groups in total. The van der Waals surface area contributed by atoms with Gasteiger partial charge in [-0.25, -0.2) is 15.0 Å². The average Bonchev–Trinajstić information content (AvgIpc) is 3.76. The minimum Gasteiger partial charge on any atom is -0.247 e. The number of hydrogen-bond acceptors (Lipinski definition) is 4. The number of benzene rings is 9. The summed E-state index contributed by atoms with van der Waals surface area (Å²) >= 11 is 1.87. The summed E-state index contributed by atoms with van der Waals surface area (Å²) in [6.45, 7) is 0. The van der Waals surface area contributed by atoms with E-state index in [9.17, 15) is 0 Å². The molecule has 0 fully saturated rings. The Morgan fingerprint density at radius 1 is 0.270 bits per heavy atom. The molecule has 63 heavy (non-hydrogen) atoms. The predicted octanol–water partition coefficient (Wildman–Crippen LogP) is 16.2. The van der Waals surface area contributed by atoms with Gasteiger partial charge in [0, 0.05) is 64.1 Å². The molecule has 0 aliphatic heterocycles. The standard InChI is InChI=1S/C59H37N3S/c1-4-14-38(15-5-1)40-24-30-44(31-25-40)56-53(57(62-59(61-56)46-18-8-3-9-19-46)45-32-26-41(27-33-45)39-16-6-2-7-17-39)42-28-34-43(35-29-42)55-50-37-36-48-47-20-11-13-23-52(47)63-58(48)54(50)49-21-10-12-22-51(49)60-55/h1-37H. The van der Waals surface area contributed by atoms with Gasteiger partial charge in [0.2, 0.25) is 0 Å². The molecule has 0 unspecified atom stereocenters. The van der Waals surface area contributed by atoms with E-state index in [1.54, 1.807) is 0 Å². The van der Waals surface area contributed by atoms with Crippen molar-refractivity contribution in [3.05, 3.63) is 224 Å². The number of thiophene rings is 1. The van der Waals surface area contributed by atoms with E-state index in [0.717, 1.165) is 72.5 Å². The SMILES string of the molecule is c1ccc(-c2ccc(-c3nc(-c4ccccc4)nc(-c4ccc(-c5ccccc5)cc4)c3-c3ccc(-c4nc5ccccc5c5c4ccc4c6ccccc6sc45)cc3)cc2)cc1. The number of aromatic nitrogens is 3. The Labute approximate surface area is 369 Å². The highest BCUT2D eigenvalue weighted by molar-refractivity contribution is 7.26. The molecular weight excluding hydrogens is 783 g/mol. The molecule has 9 aromatic carbocycles. The van der Waals surface area contributed by atoms with Crippen molar-refractivity contribution in [2.75, 3.05) is 0 Å². The van der Waals surface area contributed by atoms with Crippen molar-refractivity contribution >= 4 is 53.2 Å². The highest BCUT2D eigenvalue weighted by atomic mass is 32.1. The average molecular weight is 820 g/mol. The molecule has 0 saturated heterocycles. The predicted molar refractivity (Wildman–Crippen MR) is 266 cm³/mol. The van der Waals surface area contributed by atoms with Crippen LogP contribution in [-0.2, 0) is 0 Å². The molecule has 4 heteroatoms. The second-order valence-corrected chi connectivity index (χ2v) is 16.9. The number of nitrogens with zero attached hydrogens (tertiary/aromatic N) is 3. The van der Waals surface area contributed by atoms with Crippen LogP contribution in [0.15, 0.2) is 224 Å². The van der Waals surface area contributed by atoms with E-state index in [4.69, 9.17) is 15.0 Å². The number of rotatable bonds is 7. The summed E-state index contributed by atoms with van der Waals surface area (Å²) in [6, 6.07) is 79.6. The van der Waals surface area contributed by atoms with Crippen molar-refractivity contribution < 1.29 is 0 Å². The maximum Gasteiger partial charge on any atom is 0.160 e. The first-order valence-electron chi connectivity index (χ1n) is 21.3. The monoisotopic (exact) mass is 819 g/mol. The van der Waals surface area contributed by atoms with Crippen LogP contribution in [0.5, 0.6) is 0 Å². The Hall–Kier alpha value is -8.05. The molecule has 3 aromatic heterocycles. The fourth-order valence-corrected chi connectivity index (χ4v) is 10.3. The zero-order chi connectivity index (χ0) is 41.7. The number of pyridine rings is 1. The van der Waals surface area contributed by atoms with Crippen molar-refractivity contribution in [2.45, 2.75) is 0 Å². The summed E-state index contributed by atoms with van der Waals surface area (Å²) in [7, 11) is 0. The van der Waals surface area contributed by atoms with E-state index in [2.05, 4.69) is 206 Å². The van der Waals surface area contributed by atoms with Crippen LogP contribution in [0.2, 0.25) is 0 Å². The van der Waals surface area contributed by atoms with Gasteiger partial charge in [-0.15, -0.1) is 11.3 Å². The van der Waals surface area contributed by atoms with Gasteiger partial charge in [-0.1, -0.05) is 212 Å². The topological polar surface area (TPSA) is 38.7 Å². The molecule has 294 valence electrons. The summed E-state index contributed by atoms with van der Waals surface area (Å²) in [6.07, 6.45) is 0. The third kappa shape index (κ3) is 6.56. The Bertz CT molecular complexity index is 3520. The van der Waals surface area contributed by atoms with E-state index >= 15 is 0 Å². The molecule has 0 aliphatic rings. The smallest absolute Gasteiger partial charge is 0.160 e. The fraction of sp³-hybridized carbons (Fsp3) is 0. The summed E-state index contributed by atoms with van der Waals surface area (Å²) in [5, 5.41) is 6.16. The summed E-state index contributed by atoms with van der Waals surface area (Å²) in [5.74, 6) is 0.680. The van der Waals surface area contributed by atoms with E-state index < -0.39 is 0 Å². The number of hydrogen-bond donors (Lipinski definition) is 0. The van der Waals surface area contributed by atoms with Crippen molar-refractivity contribution in [3.8, 4) is 78.5 Å². The fourth-order valence-electron chi connectivity index (χ4n) is 9.00. The summed E-state index contributed by atoms with van der Waals surface area (Å²) in [4.78, 5) is 16.2. The molecule has 0 saturated carbocycles. The Kier molecular flexibility index (Phi) is 9.02. The van der Waals surface area contributed by atoms with Crippen molar-refractivity contribution in [3.63, 3.8) is 0 Å². The summed E-state index contributed by atoms with van der Waals surface area (Å²) < 4.78 is 2.59. The lowest BCUT2D eigenvalue weighted by Gasteiger charge is -2.18. The molecule has 12 rings (SSSR count). The first-order valence-corrected chi connectivity index (χ1v) is 22.1. The van der Waals surface area contributed by atoms with Crippen LogP contribution in [0, 0.1) is 0 Å². The zero-order valence-electron chi connectivity index (χ0n) is 34.1. The van der Waals surface area contributed by atoms with Crippen molar-refractivity contribution in [1.82, 2.24) is 15.0 Å². The molecule has 3 heterocycles. The van der Waals surface area contributed by atoms with Gasteiger partial charge < -0.3 is 0 Å². The van der Waals surface area contributed by atoms with E-state index in [-0.39, 0.29) is 0 Å². The van der Waals surface area contributed by atoms with Crippen molar-refractivity contribution in [1.29, 1.82) is 0 Å². The normalized spacial score (nSPS) is 11.5. The van der Waals surface area contributed by atoms with Gasteiger partial charge in [0.1, 0.15) is 0 Å². The Balaban J connectivity index is 1.06. The lowest BCUT2D eigenvalue weighted by molar-refractivity contribution is 1.18. The lowest BCUT2D eigenvalue weighted by atomic mass is 9.91. The van der Waals surface area contributed by atoms with Gasteiger partial charge in [-0.3, -0.25) is 0 Å². The van der Waals surface area contributed by atoms with Crippen LogP contribution >= 0.6 is 11.3 Å². The highest BCUT2D eigenvalue weighted by Crippen LogP contribution is 2.45. The van der Waals surface area contributed by atoms with Gasteiger partial charge in [0.05, 0.1) is 22.6 Å². The largest absolute Gasteiger partial charge is 0.247 e. The second kappa shape index (κ2) is 15.4. The minimum absolute atomic E-state index is 0.680. The van der Waals surface area contributed by atoms with Crippen LogP contribution in [-0.4, -0.2) is 15.0 Å². The summed E-state index contributed by atoms with van der Waals surface area (Å²) in [5.41, 5.74) is 14.4. The molecular formula is C59H37N3S. The molecule has 12 aromatic rings. The zero-order valence-corrected chi connectivity index (χ0v) is 34.9. The van der Waals surface area contributed by atoms with E-state index in [0.29, 0.717) is 5.82 Å². The molecule has 0 spiro atoms. The highest BCUT2D eigenvalue weighted by Gasteiger charge is 2.22. The van der Waals surface area contributed by atoms with Gasteiger partial charge >= 0.3 is 0 Å². The lowest BCUT2D eigenvalue weighted by Crippen LogP contribution is -2.01. The molecule has 0 aliphatic carbocycles. The van der Waals surface area contributed by atoms with Crippen LogP contribution in [0.3, 0.4) is 0 Å². The number of fused-ring (bicyclic) bond motifs is 7. The second-order valence-electron chi connectivity index (χ2n) is 15.9. The Morgan fingerprint density at radius 2 is 0.698 bits per heavy atom. The van der Waals surface area contributed by atoms with Gasteiger partial charge in [0.15, 0.2) is 5.82 Å². The van der Waals surface area contributed by atoms with Gasteiger partial charge in [-0.05, 0) is 39.9 Å². The minimum atomic E-state index is 0.680. The third-order valence-electron chi connectivity index (χ3n) is 12.1. The van der Waals surface area contributed by atoms with Gasteiger partial charge in [-0.2, -0.15) is 0 Å². The molecule has 3 nitrogen and oxygen atoms in total. The molecule has 0 radical (unpaired) electrons. The molecule has 0 bridgehead atoms. The van der Waals surface area contributed by atoms with E-state index in [1.807, 2.05) is 29.5 Å². The third-order valence-corrected chi connectivity index (χ3v) is 13.3. The Morgan fingerprint density at radius 3 is 1.29 bits per heavy atom. The quantitative estimate of drug-likeness (QED) is 0.150. The van der Waals surface area contributed by atoms with Crippen LogP contribution < -0.4 is 0 Å². The van der Waals surface area contributed by atoms with Crippen LogP contribution in [0.25, 0.3) is 120 Å². The van der Waals surface area contributed by atoms with Gasteiger partial charge in [0.25, 0.3) is 0 Å². The van der Waals surface area contributed by atoms with Crippen LogP contribution in [0.4, 0.5) is 0 Å². The molecule has 0 atom stereocenters. The maximum absolute atomic E-state index is 5.42. The van der Waals surface area contributed by atoms with Crippen molar-refractivity contribution in [2.24, 2.45) is 0 Å².